The van der Waals surface area contributed by atoms with Gasteiger partial charge in [0.2, 0.25) is 0 Å². The zero-order valence-corrected chi connectivity index (χ0v) is 12.3. The van der Waals surface area contributed by atoms with Crippen LogP contribution in [-0.4, -0.2) is 6.54 Å². The van der Waals surface area contributed by atoms with Crippen LogP contribution in [0.4, 0.5) is 11.4 Å². The van der Waals surface area contributed by atoms with E-state index in [4.69, 9.17) is 5.73 Å². The first kappa shape index (κ1) is 12.5. The fourth-order valence-corrected chi connectivity index (χ4v) is 3.04. The zero-order chi connectivity index (χ0) is 13.2. The summed E-state index contributed by atoms with van der Waals surface area (Å²) in [5, 5.41) is 0. The van der Waals surface area contributed by atoms with Crippen molar-refractivity contribution in [2.75, 3.05) is 17.2 Å². The lowest BCUT2D eigenvalue weighted by atomic mass is 10.0. The number of rotatable bonds is 2. The molecule has 1 aliphatic rings. The van der Waals surface area contributed by atoms with Gasteiger partial charge >= 0.3 is 0 Å². The number of halogens is 1. The Bertz CT molecular complexity index is 496. The maximum atomic E-state index is 5.77. The lowest BCUT2D eigenvalue weighted by molar-refractivity contribution is 0.719. The molecule has 1 fully saturated rings. The van der Waals surface area contributed by atoms with Gasteiger partial charge in [-0.25, -0.2) is 0 Å². The van der Waals surface area contributed by atoms with Crippen LogP contribution >= 0.6 is 15.9 Å². The van der Waals surface area contributed by atoms with E-state index in [0.717, 1.165) is 16.7 Å². The molecular formula is C16H17BrN2. The maximum Gasteiger partial charge on any atom is 0.0543 e. The molecule has 19 heavy (non-hydrogen) atoms. The second kappa shape index (κ2) is 5.25. The second-order valence-corrected chi connectivity index (χ2v) is 5.91. The van der Waals surface area contributed by atoms with E-state index in [0.29, 0.717) is 6.04 Å². The summed E-state index contributed by atoms with van der Waals surface area (Å²) < 4.78 is 1.12. The second-order valence-electron chi connectivity index (χ2n) is 4.99. The minimum absolute atomic E-state index is 0.474. The molecule has 0 amide bonds. The first-order chi connectivity index (χ1) is 9.24. The van der Waals surface area contributed by atoms with Crippen LogP contribution in [0.25, 0.3) is 0 Å². The normalized spacial score (nSPS) is 18.8. The highest BCUT2D eigenvalue weighted by Gasteiger charge is 2.25. The van der Waals surface area contributed by atoms with Crippen molar-refractivity contribution in [2.45, 2.75) is 18.9 Å². The average Bonchev–Trinajstić information content (AvgIpc) is 2.90. The van der Waals surface area contributed by atoms with Gasteiger partial charge in [0.25, 0.3) is 0 Å². The predicted octanol–water partition coefficient (Wildman–Crippen LogP) is 4.37. The van der Waals surface area contributed by atoms with Crippen molar-refractivity contribution in [3.05, 3.63) is 58.6 Å². The minimum Gasteiger partial charge on any atom is -0.399 e. The molecule has 0 radical (unpaired) electrons. The Hall–Kier alpha value is -1.48. The van der Waals surface area contributed by atoms with Crippen molar-refractivity contribution in [3.8, 4) is 0 Å². The average molecular weight is 317 g/mol. The molecule has 1 unspecified atom stereocenters. The third-order valence-electron chi connectivity index (χ3n) is 3.73. The monoisotopic (exact) mass is 316 g/mol. The molecule has 2 aromatic rings. The lowest BCUT2D eigenvalue weighted by Crippen LogP contribution is -2.22. The molecular weight excluding hydrogens is 300 g/mol. The van der Waals surface area contributed by atoms with Gasteiger partial charge in [0.05, 0.1) is 6.04 Å². The van der Waals surface area contributed by atoms with E-state index in [1.54, 1.807) is 0 Å². The standard InChI is InChI=1S/C16H17BrN2/c17-13-5-9-15(10-6-13)19-11-1-2-16(19)12-3-7-14(18)8-4-12/h3-10,16H,1-2,11,18H2. The van der Waals surface area contributed by atoms with Gasteiger partial charge in [-0.05, 0) is 54.8 Å². The van der Waals surface area contributed by atoms with Crippen molar-refractivity contribution in [3.63, 3.8) is 0 Å². The highest BCUT2D eigenvalue weighted by molar-refractivity contribution is 9.10. The zero-order valence-electron chi connectivity index (χ0n) is 10.7. The van der Waals surface area contributed by atoms with Gasteiger partial charge in [0, 0.05) is 22.4 Å². The van der Waals surface area contributed by atoms with Crippen LogP contribution in [0.2, 0.25) is 0 Å². The summed E-state index contributed by atoms with van der Waals surface area (Å²) in [6, 6.07) is 17.3. The highest BCUT2D eigenvalue weighted by atomic mass is 79.9. The Morgan fingerprint density at radius 1 is 1.00 bits per heavy atom. The lowest BCUT2D eigenvalue weighted by Gasteiger charge is -2.27. The van der Waals surface area contributed by atoms with Crippen molar-refractivity contribution in [1.82, 2.24) is 0 Å². The summed E-state index contributed by atoms with van der Waals surface area (Å²) in [4.78, 5) is 2.48. The van der Waals surface area contributed by atoms with Gasteiger partial charge in [0.15, 0.2) is 0 Å². The molecule has 0 spiro atoms. The van der Waals surface area contributed by atoms with E-state index in [2.05, 4.69) is 57.2 Å². The summed E-state index contributed by atoms with van der Waals surface area (Å²) in [6.07, 6.45) is 2.45. The number of hydrogen-bond acceptors (Lipinski definition) is 2. The van der Waals surface area contributed by atoms with E-state index >= 15 is 0 Å². The fourth-order valence-electron chi connectivity index (χ4n) is 2.77. The number of nitrogen functional groups attached to an aromatic ring is 1. The number of benzene rings is 2. The first-order valence-corrected chi connectivity index (χ1v) is 7.41. The number of hydrogen-bond donors (Lipinski definition) is 1. The first-order valence-electron chi connectivity index (χ1n) is 6.62. The van der Waals surface area contributed by atoms with Crippen molar-refractivity contribution >= 4 is 27.3 Å². The van der Waals surface area contributed by atoms with Gasteiger partial charge in [-0.1, -0.05) is 28.1 Å². The molecule has 1 heterocycles. The Labute approximate surface area is 122 Å². The van der Waals surface area contributed by atoms with E-state index in [1.807, 2.05) is 12.1 Å². The molecule has 0 saturated carbocycles. The molecule has 1 aliphatic heterocycles. The quantitative estimate of drug-likeness (QED) is 0.833. The molecule has 1 atom stereocenters. The summed E-state index contributed by atoms with van der Waals surface area (Å²) in [5.41, 5.74) is 9.25. The highest BCUT2D eigenvalue weighted by Crippen LogP contribution is 2.36. The van der Waals surface area contributed by atoms with Crippen molar-refractivity contribution in [2.24, 2.45) is 0 Å². The molecule has 2 aromatic carbocycles. The maximum absolute atomic E-state index is 5.77. The summed E-state index contributed by atoms with van der Waals surface area (Å²) >= 11 is 3.49. The molecule has 2 nitrogen and oxygen atoms in total. The molecule has 3 heteroatoms. The SMILES string of the molecule is Nc1ccc(C2CCCN2c2ccc(Br)cc2)cc1. The van der Waals surface area contributed by atoms with Crippen LogP contribution in [0, 0.1) is 0 Å². The van der Waals surface area contributed by atoms with Crippen molar-refractivity contribution < 1.29 is 0 Å². The van der Waals surface area contributed by atoms with E-state index in [9.17, 15) is 0 Å². The van der Waals surface area contributed by atoms with Crippen molar-refractivity contribution in [1.29, 1.82) is 0 Å². The number of nitrogens with zero attached hydrogens (tertiary/aromatic N) is 1. The van der Waals surface area contributed by atoms with E-state index in [1.165, 1.54) is 24.1 Å². The van der Waals surface area contributed by atoms with Gasteiger partial charge < -0.3 is 10.6 Å². The smallest absolute Gasteiger partial charge is 0.0543 e. The number of nitrogens with two attached hydrogens (primary N) is 1. The number of anilines is 2. The largest absolute Gasteiger partial charge is 0.399 e. The molecule has 2 N–H and O–H groups in total. The molecule has 0 aliphatic carbocycles. The Kier molecular flexibility index (Phi) is 3.47. The van der Waals surface area contributed by atoms with Crippen LogP contribution in [0.15, 0.2) is 53.0 Å². The molecule has 3 rings (SSSR count). The van der Waals surface area contributed by atoms with Gasteiger partial charge in [0.1, 0.15) is 0 Å². The molecule has 98 valence electrons. The topological polar surface area (TPSA) is 29.3 Å². The Morgan fingerprint density at radius 3 is 2.37 bits per heavy atom. The van der Waals surface area contributed by atoms with Crippen LogP contribution < -0.4 is 10.6 Å². The van der Waals surface area contributed by atoms with E-state index < -0.39 is 0 Å². The van der Waals surface area contributed by atoms with Gasteiger partial charge in [-0.2, -0.15) is 0 Å². The molecule has 0 aromatic heterocycles. The van der Waals surface area contributed by atoms with Crippen LogP contribution in [-0.2, 0) is 0 Å². The molecule has 0 bridgehead atoms. The van der Waals surface area contributed by atoms with Gasteiger partial charge in [-0.3, -0.25) is 0 Å². The third-order valence-corrected chi connectivity index (χ3v) is 4.26. The molecule has 1 saturated heterocycles. The Balaban J connectivity index is 1.89. The van der Waals surface area contributed by atoms with E-state index in [-0.39, 0.29) is 0 Å². The third kappa shape index (κ3) is 2.61. The minimum atomic E-state index is 0.474. The van der Waals surface area contributed by atoms with Crippen LogP contribution in [0.1, 0.15) is 24.4 Å². The fraction of sp³-hybridized carbons (Fsp3) is 0.250. The van der Waals surface area contributed by atoms with Crippen LogP contribution in [0.5, 0.6) is 0 Å². The Morgan fingerprint density at radius 2 is 1.68 bits per heavy atom. The van der Waals surface area contributed by atoms with Crippen LogP contribution in [0.3, 0.4) is 0 Å². The predicted molar refractivity (Wildman–Crippen MR) is 84.3 cm³/mol. The summed E-state index contributed by atoms with van der Waals surface area (Å²) in [5.74, 6) is 0. The van der Waals surface area contributed by atoms with Gasteiger partial charge in [-0.15, -0.1) is 0 Å². The summed E-state index contributed by atoms with van der Waals surface area (Å²) in [7, 11) is 0. The summed E-state index contributed by atoms with van der Waals surface area (Å²) in [6.45, 7) is 1.12.